The standard InChI is InChI=1S/C37H47FN4O6/c1-25-22-42(26(2)24-43)36(45)32-21-31(40-37(46)39-30-15-13-29(38)14-16-30)17-18-33(32)48-27(3)10-8-9-19-47-34(25)23-41(4)35(44)20-28-11-6-5-7-12-28/h5-7,11-18,21,25-27,34,43H,8-10,19-20,22-24H2,1-4H3,(H2,39,40,46)/t25-,26-,27-,34-/m1/s1. The van der Waals surface area contributed by atoms with Crippen molar-refractivity contribution >= 4 is 29.2 Å². The molecule has 0 unspecified atom stereocenters. The van der Waals surface area contributed by atoms with E-state index in [9.17, 15) is 23.9 Å². The van der Waals surface area contributed by atoms with Crippen LogP contribution in [0.2, 0.25) is 0 Å². The fraction of sp³-hybridized carbons (Fsp3) is 0.432. The Morgan fingerprint density at radius 3 is 2.42 bits per heavy atom. The Morgan fingerprint density at radius 2 is 1.71 bits per heavy atom. The summed E-state index contributed by atoms with van der Waals surface area (Å²) in [5.41, 5.74) is 1.92. The lowest BCUT2D eigenvalue weighted by molar-refractivity contribution is -0.131. The monoisotopic (exact) mass is 662 g/mol. The summed E-state index contributed by atoms with van der Waals surface area (Å²) in [5, 5.41) is 15.6. The Balaban J connectivity index is 1.57. The molecule has 0 spiro atoms. The average Bonchev–Trinajstić information content (AvgIpc) is 3.07. The van der Waals surface area contributed by atoms with E-state index in [1.165, 1.54) is 24.3 Å². The van der Waals surface area contributed by atoms with Gasteiger partial charge < -0.3 is 35.0 Å². The SMILES string of the molecule is C[C@@H]1CCCCO[C@H](CN(C)C(=O)Cc2ccccc2)[C@H](C)CN([C@H](C)CO)C(=O)c2cc(NC(=O)Nc3ccc(F)cc3)ccc2O1. The number of nitrogens with zero attached hydrogens (tertiary/aromatic N) is 2. The zero-order valence-electron chi connectivity index (χ0n) is 28.2. The number of halogens is 1. The fourth-order valence-corrected chi connectivity index (χ4v) is 5.57. The number of fused-ring (bicyclic) bond motifs is 1. The van der Waals surface area contributed by atoms with Crippen LogP contribution in [-0.4, -0.2) is 84.4 Å². The number of anilines is 2. The van der Waals surface area contributed by atoms with Crippen LogP contribution in [0.5, 0.6) is 5.75 Å². The van der Waals surface area contributed by atoms with Gasteiger partial charge in [-0.05, 0) is 81.1 Å². The topological polar surface area (TPSA) is 120 Å². The Bertz CT molecular complexity index is 1510. The maximum Gasteiger partial charge on any atom is 0.323 e. The number of carbonyl (C=O) groups excluding carboxylic acids is 3. The highest BCUT2D eigenvalue weighted by molar-refractivity contribution is 6.02. The van der Waals surface area contributed by atoms with Crippen molar-refractivity contribution in [3.63, 3.8) is 0 Å². The highest BCUT2D eigenvalue weighted by atomic mass is 19.1. The molecule has 258 valence electrons. The van der Waals surface area contributed by atoms with Gasteiger partial charge in [-0.1, -0.05) is 37.3 Å². The van der Waals surface area contributed by atoms with E-state index in [0.29, 0.717) is 30.3 Å². The van der Waals surface area contributed by atoms with Crippen LogP contribution in [0.3, 0.4) is 0 Å². The van der Waals surface area contributed by atoms with Gasteiger partial charge in [-0.3, -0.25) is 9.59 Å². The number of carbonyl (C=O) groups is 3. The number of hydrogen-bond donors (Lipinski definition) is 3. The minimum Gasteiger partial charge on any atom is -0.490 e. The number of nitrogens with one attached hydrogen (secondary N) is 2. The lowest BCUT2D eigenvalue weighted by atomic mass is 10.0. The van der Waals surface area contributed by atoms with Crippen molar-refractivity contribution in [3.8, 4) is 5.75 Å². The Kier molecular flexibility index (Phi) is 13.3. The predicted octanol–water partition coefficient (Wildman–Crippen LogP) is 5.97. The van der Waals surface area contributed by atoms with Crippen molar-refractivity contribution in [1.82, 2.24) is 9.80 Å². The van der Waals surface area contributed by atoms with Gasteiger partial charge >= 0.3 is 6.03 Å². The molecule has 3 aromatic carbocycles. The van der Waals surface area contributed by atoms with Gasteiger partial charge in [0.25, 0.3) is 5.91 Å². The molecule has 1 aliphatic rings. The second-order valence-corrected chi connectivity index (χ2v) is 12.5. The molecule has 0 fully saturated rings. The van der Waals surface area contributed by atoms with Crippen LogP contribution in [0, 0.1) is 11.7 Å². The first-order chi connectivity index (χ1) is 23.0. The maximum atomic E-state index is 14.3. The number of rotatable bonds is 8. The summed E-state index contributed by atoms with van der Waals surface area (Å²) in [6.45, 7) is 6.49. The molecule has 0 aromatic heterocycles. The first kappa shape index (κ1) is 36.4. The van der Waals surface area contributed by atoms with Crippen LogP contribution in [0.4, 0.5) is 20.6 Å². The normalized spacial score (nSPS) is 19.7. The van der Waals surface area contributed by atoms with Gasteiger partial charge in [-0.2, -0.15) is 0 Å². The van der Waals surface area contributed by atoms with Crippen LogP contribution in [0.15, 0.2) is 72.8 Å². The summed E-state index contributed by atoms with van der Waals surface area (Å²) in [6.07, 6.45) is 2.06. The van der Waals surface area contributed by atoms with Gasteiger partial charge in [0, 0.05) is 44.0 Å². The van der Waals surface area contributed by atoms with Crippen LogP contribution in [0.25, 0.3) is 0 Å². The van der Waals surface area contributed by atoms with Gasteiger partial charge in [0.2, 0.25) is 5.91 Å². The lowest BCUT2D eigenvalue weighted by Gasteiger charge is -2.36. The number of benzene rings is 3. The summed E-state index contributed by atoms with van der Waals surface area (Å²) in [6, 6.07) is 18.7. The van der Waals surface area contributed by atoms with Crippen molar-refractivity contribution < 1.29 is 33.4 Å². The molecule has 0 aliphatic carbocycles. The number of aliphatic hydroxyl groups is 1. The second-order valence-electron chi connectivity index (χ2n) is 12.5. The van der Waals surface area contributed by atoms with E-state index in [4.69, 9.17) is 9.47 Å². The second kappa shape index (κ2) is 17.6. The zero-order valence-corrected chi connectivity index (χ0v) is 28.2. The van der Waals surface area contributed by atoms with Gasteiger partial charge in [0.15, 0.2) is 0 Å². The molecule has 10 nitrogen and oxygen atoms in total. The summed E-state index contributed by atoms with van der Waals surface area (Å²) in [7, 11) is 1.77. The lowest BCUT2D eigenvalue weighted by Crippen LogP contribution is -2.48. The van der Waals surface area contributed by atoms with Gasteiger partial charge in [0.1, 0.15) is 11.6 Å². The molecule has 1 heterocycles. The molecule has 3 aromatic rings. The minimum atomic E-state index is -0.565. The third kappa shape index (κ3) is 10.5. The molecule has 4 atom stereocenters. The Morgan fingerprint density at radius 1 is 1.02 bits per heavy atom. The van der Waals surface area contributed by atoms with Crippen LogP contribution >= 0.6 is 0 Å². The molecular weight excluding hydrogens is 615 g/mol. The smallest absolute Gasteiger partial charge is 0.323 e. The van der Waals surface area contributed by atoms with E-state index in [2.05, 4.69) is 10.6 Å². The Labute approximate surface area is 282 Å². The van der Waals surface area contributed by atoms with E-state index in [1.807, 2.05) is 44.2 Å². The van der Waals surface area contributed by atoms with E-state index in [1.54, 1.807) is 42.0 Å². The first-order valence-electron chi connectivity index (χ1n) is 16.5. The summed E-state index contributed by atoms with van der Waals surface area (Å²) in [4.78, 5) is 43.5. The van der Waals surface area contributed by atoms with Gasteiger partial charge in [-0.25, -0.2) is 9.18 Å². The minimum absolute atomic E-state index is 0.0311. The number of urea groups is 1. The summed E-state index contributed by atoms with van der Waals surface area (Å²) < 4.78 is 25.9. The molecule has 4 amide bonds. The van der Waals surface area contributed by atoms with Crippen LogP contribution in [-0.2, 0) is 16.0 Å². The molecule has 0 saturated carbocycles. The van der Waals surface area contributed by atoms with E-state index in [-0.39, 0.29) is 55.1 Å². The van der Waals surface area contributed by atoms with E-state index >= 15 is 0 Å². The molecule has 11 heteroatoms. The van der Waals surface area contributed by atoms with E-state index in [0.717, 1.165) is 24.8 Å². The van der Waals surface area contributed by atoms with Gasteiger partial charge in [0.05, 0.1) is 36.8 Å². The molecule has 0 bridgehead atoms. The average molecular weight is 663 g/mol. The molecule has 0 saturated heterocycles. The van der Waals surface area contributed by atoms with Crippen molar-refractivity contribution in [2.75, 3.05) is 44.0 Å². The van der Waals surface area contributed by atoms with Crippen LogP contribution < -0.4 is 15.4 Å². The van der Waals surface area contributed by atoms with Crippen molar-refractivity contribution in [2.24, 2.45) is 5.92 Å². The highest BCUT2D eigenvalue weighted by Gasteiger charge is 2.31. The van der Waals surface area contributed by atoms with Gasteiger partial charge in [-0.15, -0.1) is 0 Å². The molecule has 1 aliphatic heterocycles. The molecule has 0 radical (unpaired) electrons. The number of amides is 4. The number of aliphatic hydroxyl groups excluding tert-OH is 1. The molecule has 48 heavy (non-hydrogen) atoms. The van der Waals surface area contributed by atoms with Crippen molar-refractivity contribution in [1.29, 1.82) is 0 Å². The summed E-state index contributed by atoms with van der Waals surface area (Å²) >= 11 is 0. The maximum absolute atomic E-state index is 14.3. The first-order valence-corrected chi connectivity index (χ1v) is 16.5. The third-order valence-electron chi connectivity index (χ3n) is 8.49. The molecular formula is C37H47FN4O6. The number of ether oxygens (including phenoxy) is 2. The highest BCUT2D eigenvalue weighted by Crippen LogP contribution is 2.29. The third-order valence-corrected chi connectivity index (χ3v) is 8.49. The van der Waals surface area contributed by atoms with E-state index < -0.39 is 17.9 Å². The number of likely N-dealkylation sites (N-methyl/N-ethyl adjacent to an activating group) is 1. The predicted molar refractivity (Wildman–Crippen MR) is 184 cm³/mol. The summed E-state index contributed by atoms with van der Waals surface area (Å²) in [5.74, 6) is -0.661. The molecule has 3 N–H and O–H groups in total. The molecule has 4 rings (SSSR count). The largest absolute Gasteiger partial charge is 0.490 e. The Hall–Kier alpha value is -4.48. The van der Waals surface area contributed by atoms with Crippen molar-refractivity contribution in [2.45, 2.75) is 64.7 Å². The quantitative estimate of drug-likeness (QED) is 0.274. The number of hydrogen-bond acceptors (Lipinski definition) is 6. The fourth-order valence-electron chi connectivity index (χ4n) is 5.57. The zero-order chi connectivity index (χ0) is 34.6. The van der Waals surface area contributed by atoms with Crippen molar-refractivity contribution in [3.05, 3.63) is 89.7 Å². The van der Waals surface area contributed by atoms with Crippen LogP contribution in [0.1, 0.15) is 56.0 Å².